The van der Waals surface area contributed by atoms with Crippen LogP contribution in [0.2, 0.25) is 0 Å². The minimum atomic E-state index is -0.161. The van der Waals surface area contributed by atoms with Crippen molar-refractivity contribution in [3.63, 3.8) is 0 Å². The molecule has 6 nitrogen and oxygen atoms in total. The molecule has 1 amide bonds. The van der Waals surface area contributed by atoms with E-state index in [-0.39, 0.29) is 18.0 Å². The van der Waals surface area contributed by atoms with Gasteiger partial charge >= 0.3 is 0 Å². The van der Waals surface area contributed by atoms with Crippen molar-refractivity contribution >= 4 is 5.91 Å². The van der Waals surface area contributed by atoms with Crippen LogP contribution in [0.4, 0.5) is 0 Å². The fraction of sp³-hybridized carbons (Fsp3) is 0.348. The highest BCUT2D eigenvalue weighted by molar-refractivity contribution is 5.93. The molecule has 3 saturated heterocycles. The number of pyridine rings is 1. The van der Waals surface area contributed by atoms with Crippen LogP contribution in [0.15, 0.2) is 65.4 Å². The number of hydrogen-bond donors (Lipinski definition) is 1. The maximum absolute atomic E-state index is 13.0. The molecule has 0 radical (unpaired) electrons. The van der Waals surface area contributed by atoms with Gasteiger partial charge in [-0.3, -0.25) is 14.7 Å². The van der Waals surface area contributed by atoms with Gasteiger partial charge in [0.2, 0.25) is 0 Å². The van der Waals surface area contributed by atoms with E-state index < -0.39 is 0 Å². The maximum Gasteiger partial charge on any atom is 0.273 e. The average Bonchev–Trinajstić information content (AvgIpc) is 3.28. The molecule has 0 saturated carbocycles. The molecule has 1 N–H and O–H groups in total. The van der Waals surface area contributed by atoms with E-state index in [1.54, 1.807) is 12.3 Å². The molecule has 3 aromatic rings. The summed E-state index contributed by atoms with van der Waals surface area (Å²) in [6.07, 6.45) is 6.87. The van der Waals surface area contributed by atoms with Crippen molar-refractivity contribution in [3.8, 4) is 11.3 Å². The molecule has 0 unspecified atom stereocenters. The van der Waals surface area contributed by atoms with Crippen LogP contribution in [0.1, 0.15) is 28.9 Å². The number of rotatable bonds is 5. The van der Waals surface area contributed by atoms with Gasteiger partial charge < -0.3 is 9.84 Å². The topological polar surface area (TPSA) is 71.3 Å². The second-order valence-corrected chi connectivity index (χ2v) is 7.95. The molecule has 0 aliphatic carbocycles. The number of benzene rings is 1. The zero-order valence-electron chi connectivity index (χ0n) is 16.2. The Morgan fingerprint density at radius 1 is 1.14 bits per heavy atom. The Kier molecular flexibility index (Phi) is 4.86. The van der Waals surface area contributed by atoms with Crippen molar-refractivity contribution in [3.05, 3.63) is 72.2 Å². The van der Waals surface area contributed by atoms with E-state index in [1.807, 2.05) is 42.6 Å². The van der Waals surface area contributed by atoms with E-state index >= 15 is 0 Å². The standard InChI is InChI=1S/C23H24N4O2/c28-23(19-14-21(29-26-19)17-6-2-1-3-7-17)25-22-18-8-11-27(12-9-18)20(22)13-16-5-4-10-24-15-16/h1-7,10,14-15,18,20,22H,8-9,11-13H2,(H,25,28)/t20-,22+/m0/s1. The van der Waals surface area contributed by atoms with Crippen molar-refractivity contribution in [1.29, 1.82) is 0 Å². The fourth-order valence-corrected chi connectivity index (χ4v) is 4.73. The van der Waals surface area contributed by atoms with Crippen LogP contribution in [0.3, 0.4) is 0 Å². The first kappa shape index (κ1) is 18.1. The third-order valence-electron chi connectivity index (χ3n) is 6.23. The zero-order chi connectivity index (χ0) is 19.6. The summed E-state index contributed by atoms with van der Waals surface area (Å²) >= 11 is 0. The average molecular weight is 388 g/mol. The van der Waals surface area contributed by atoms with Crippen LogP contribution < -0.4 is 5.32 Å². The van der Waals surface area contributed by atoms with E-state index in [0.29, 0.717) is 17.4 Å². The monoisotopic (exact) mass is 388 g/mol. The molecule has 2 aromatic heterocycles. The lowest BCUT2D eigenvalue weighted by atomic mass is 9.76. The lowest BCUT2D eigenvalue weighted by Crippen LogP contribution is -2.64. The summed E-state index contributed by atoms with van der Waals surface area (Å²) in [5.74, 6) is 0.952. The summed E-state index contributed by atoms with van der Waals surface area (Å²) < 4.78 is 5.42. The number of amides is 1. The highest BCUT2D eigenvalue weighted by Crippen LogP contribution is 2.34. The number of fused-ring (bicyclic) bond motifs is 3. The number of nitrogens with zero attached hydrogens (tertiary/aromatic N) is 3. The molecule has 6 heteroatoms. The Hall–Kier alpha value is -2.99. The molecule has 1 aromatic carbocycles. The summed E-state index contributed by atoms with van der Waals surface area (Å²) in [6, 6.07) is 15.9. The fourth-order valence-electron chi connectivity index (χ4n) is 4.73. The van der Waals surface area contributed by atoms with E-state index in [1.165, 1.54) is 5.56 Å². The Morgan fingerprint density at radius 3 is 2.72 bits per heavy atom. The molecule has 0 spiro atoms. The molecule has 5 heterocycles. The van der Waals surface area contributed by atoms with Gasteiger partial charge in [0, 0.05) is 36.1 Å². The van der Waals surface area contributed by atoms with Gasteiger partial charge in [-0.15, -0.1) is 0 Å². The normalized spacial score (nSPS) is 25.7. The number of nitrogens with one attached hydrogen (secondary N) is 1. The van der Waals surface area contributed by atoms with Crippen LogP contribution in [0.25, 0.3) is 11.3 Å². The minimum Gasteiger partial charge on any atom is -0.355 e. The number of aromatic nitrogens is 2. The Balaban J connectivity index is 1.34. The smallest absolute Gasteiger partial charge is 0.273 e. The van der Waals surface area contributed by atoms with Gasteiger partial charge in [-0.05, 0) is 49.9 Å². The second-order valence-electron chi connectivity index (χ2n) is 7.95. The van der Waals surface area contributed by atoms with Crippen LogP contribution >= 0.6 is 0 Å². The van der Waals surface area contributed by atoms with Gasteiger partial charge in [0.05, 0.1) is 0 Å². The van der Waals surface area contributed by atoms with Crippen molar-refractivity contribution < 1.29 is 9.32 Å². The van der Waals surface area contributed by atoms with Crippen molar-refractivity contribution in [2.75, 3.05) is 13.1 Å². The third-order valence-corrected chi connectivity index (χ3v) is 6.23. The summed E-state index contributed by atoms with van der Waals surface area (Å²) in [6.45, 7) is 2.20. The van der Waals surface area contributed by atoms with Crippen molar-refractivity contribution in [1.82, 2.24) is 20.4 Å². The third kappa shape index (κ3) is 3.68. The predicted molar refractivity (Wildman–Crippen MR) is 109 cm³/mol. The number of piperidine rings is 3. The van der Waals surface area contributed by atoms with E-state index in [0.717, 1.165) is 37.9 Å². The first-order chi connectivity index (χ1) is 14.3. The molecule has 3 aliphatic heterocycles. The summed E-state index contributed by atoms with van der Waals surface area (Å²) in [7, 11) is 0. The molecule has 3 aliphatic rings. The van der Waals surface area contributed by atoms with E-state index in [4.69, 9.17) is 4.52 Å². The van der Waals surface area contributed by atoms with Gasteiger partial charge in [-0.1, -0.05) is 41.6 Å². The number of hydrogen-bond acceptors (Lipinski definition) is 5. The lowest BCUT2D eigenvalue weighted by Gasteiger charge is -2.51. The van der Waals surface area contributed by atoms with Gasteiger partial charge in [-0.2, -0.15) is 0 Å². The highest BCUT2D eigenvalue weighted by Gasteiger charge is 2.43. The molecule has 3 fully saturated rings. The van der Waals surface area contributed by atoms with Crippen molar-refractivity contribution in [2.45, 2.75) is 31.3 Å². The van der Waals surface area contributed by atoms with Gasteiger partial charge in [-0.25, -0.2) is 0 Å². The summed E-state index contributed by atoms with van der Waals surface area (Å²) in [5.41, 5.74) is 2.45. The lowest BCUT2D eigenvalue weighted by molar-refractivity contribution is 0.0134. The molecule has 6 rings (SSSR count). The summed E-state index contributed by atoms with van der Waals surface area (Å²) in [4.78, 5) is 19.7. The molecule has 148 valence electrons. The Morgan fingerprint density at radius 2 is 1.97 bits per heavy atom. The van der Waals surface area contributed by atoms with E-state index in [9.17, 15) is 4.79 Å². The molecule has 2 atom stereocenters. The van der Waals surface area contributed by atoms with Gasteiger partial charge in [0.25, 0.3) is 5.91 Å². The van der Waals surface area contributed by atoms with Crippen molar-refractivity contribution in [2.24, 2.45) is 5.92 Å². The molecule has 2 bridgehead atoms. The van der Waals surface area contributed by atoms with Gasteiger partial charge in [0.1, 0.15) is 0 Å². The Labute approximate surface area is 169 Å². The number of carbonyl (C=O) groups excluding carboxylic acids is 1. The van der Waals surface area contributed by atoms with Crippen LogP contribution in [-0.4, -0.2) is 46.1 Å². The SMILES string of the molecule is O=C(N[C@@H]1C2CCN(CC2)[C@H]1Cc1cccnc1)c1cc(-c2ccccc2)on1. The maximum atomic E-state index is 13.0. The quantitative estimate of drug-likeness (QED) is 0.727. The molecular formula is C23H24N4O2. The number of carbonyl (C=O) groups is 1. The first-order valence-corrected chi connectivity index (χ1v) is 10.2. The summed E-state index contributed by atoms with van der Waals surface area (Å²) in [5, 5.41) is 7.30. The molecular weight excluding hydrogens is 364 g/mol. The second kappa shape index (κ2) is 7.79. The minimum absolute atomic E-state index is 0.113. The largest absolute Gasteiger partial charge is 0.355 e. The van der Waals surface area contributed by atoms with Crippen LogP contribution in [0, 0.1) is 5.92 Å². The van der Waals surface area contributed by atoms with E-state index in [2.05, 4.69) is 26.4 Å². The zero-order valence-corrected chi connectivity index (χ0v) is 16.2. The van der Waals surface area contributed by atoms with Crippen LogP contribution in [-0.2, 0) is 6.42 Å². The van der Waals surface area contributed by atoms with Crippen LogP contribution in [0.5, 0.6) is 0 Å². The highest BCUT2D eigenvalue weighted by atomic mass is 16.5. The Bertz CT molecular complexity index is 965. The first-order valence-electron chi connectivity index (χ1n) is 10.2. The molecule has 29 heavy (non-hydrogen) atoms. The van der Waals surface area contributed by atoms with Gasteiger partial charge in [0.15, 0.2) is 11.5 Å². The predicted octanol–water partition coefficient (Wildman–Crippen LogP) is 3.17.